The first kappa shape index (κ1) is 15.1. The Morgan fingerprint density at radius 2 is 1.94 bits per heavy atom. The van der Waals surface area contributed by atoms with E-state index in [0.29, 0.717) is 17.4 Å². The summed E-state index contributed by atoms with van der Waals surface area (Å²) in [6.07, 6.45) is 4.02. The first-order valence-corrected chi connectivity index (χ1v) is 6.89. The number of aromatic hydroxyl groups is 1. The van der Waals surface area contributed by atoms with E-state index in [1.54, 1.807) is 6.07 Å². The summed E-state index contributed by atoms with van der Waals surface area (Å²) in [5.41, 5.74) is 0.211. The van der Waals surface area contributed by atoms with Crippen LogP contribution in [-0.4, -0.2) is 23.4 Å². The van der Waals surface area contributed by atoms with Gasteiger partial charge in [0.15, 0.2) is 0 Å². The highest BCUT2D eigenvalue weighted by molar-refractivity contribution is 6.31. The first-order chi connectivity index (χ1) is 8.65. The third-order valence-corrected chi connectivity index (χ3v) is 3.05. The molecule has 0 aliphatic carbocycles. The summed E-state index contributed by atoms with van der Waals surface area (Å²) in [7, 11) is 0. The topological polar surface area (TPSA) is 49.3 Å². The van der Waals surface area contributed by atoms with E-state index in [2.05, 4.69) is 5.32 Å². The predicted molar refractivity (Wildman–Crippen MR) is 74.6 cm³/mol. The van der Waals surface area contributed by atoms with Crippen molar-refractivity contribution in [2.75, 3.05) is 12.4 Å². The van der Waals surface area contributed by atoms with Gasteiger partial charge in [-0.25, -0.2) is 0 Å². The molecule has 0 atom stereocenters. The number of hydrogen-bond donors (Lipinski definition) is 2. The van der Waals surface area contributed by atoms with Crippen LogP contribution in [0.3, 0.4) is 0 Å². The lowest BCUT2D eigenvalue weighted by molar-refractivity contribution is 0.0950. The largest absolute Gasteiger partial charge is 0.507 e. The zero-order chi connectivity index (χ0) is 13.4. The molecular weight excluding hydrogens is 273 g/mol. The Morgan fingerprint density at radius 3 is 2.67 bits per heavy atom. The van der Waals surface area contributed by atoms with Crippen LogP contribution in [0.4, 0.5) is 0 Å². The SMILES string of the molecule is O=C(NCCCCCCCl)c1cc(Cl)ccc1O. The van der Waals surface area contributed by atoms with Crippen LogP contribution in [0.5, 0.6) is 5.75 Å². The van der Waals surface area contributed by atoms with Crippen LogP contribution in [-0.2, 0) is 0 Å². The fourth-order valence-electron chi connectivity index (χ4n) is 1.56. The lowest BCUT2D eigenvalue weighted by Crippen LogP contribution is -2.24. The van der Waals surface area contributed by atoms with Gasteiger partial charge in [0.1, 0.15) is 5.75 Å². The van der Waals surface area contributed by atoms with Crippen molar-refractivity contribution < 1.29 is 9.90 Å². The number of amides is 1. The molecule has 0 heterocycles. The molecule has 1 aromatic carbocycles. The normalized spacial score (nSPS) is 10.3. The molecule has 1 aromatic rings. The Kier molecular flexibility index (Phi) is 6.91. The van der Waals surface area contributed by atoms with Gasteiger partial charge in [0.2, 0.25) is 0 Å². The summed E-state index contributed by atoms with van der Waals surface area (Å²) < 4.78 is 0. The Morgan fingerprint density at radius 1 is 1.22 bits per heavy atom. The fraction of sp³-hybridized carbons (Fsp3) is 0.462. The second kappa shape index (κ2) is 8.22. The molecule has 18 heavy (non-hydrogen) atoms. The first-order valence-electron chi connectivity index (χ1n) is 5.98. The maximum absolute atomic E-state index is 11.8. The van der Waals surface area contributed by atoms with Gasteiger partial charge in [-0.15, -0.1) is 11.6 Å². The summed E-state index contributed by atoms with van der Waals surface area (Å²) in [6, 6.07) is 4.41. The third-order valence-electron chi connectivity index (χ3n) is 2.55. The highest BCUT2D eigenvalue weighted by atomic mass is 35.5. The molecule has 0 spiro atoms. The average molecular weight is 290 g/mol. The molecule has 0 fully saturated rings. The number of benzene rings is 1. The van der Waals surface area contributed by atoms with Crippen molar-refractivity contribution in [2.24, 2.45) is 0 Å². The molecule has 0 saturated carbocycles. The number of phenols is 1. The van der Waals surface area contributed by atoms with Crippen LogP contribution in [0.15, 0.2) is 18.2 Å². The fourth-order valence-corrected chi connectivity index (χ4v) is 1.92. The van der Waals surface area contributed by atoms with Gasteiger partial charge >= 0.3 is 0 Å². The molecule has 1 rings (SSSR count). The van der Waals surface area contributed by atoms with Gasteiger partial charge in [-0.2, -0.15) is 0 Å². The number of carbonyl (C=O) groups is 1. The van der Waals surface area contributed by atoms with E-state index in [4.69, 9.17) is 23.2 Å². The summed E-state index contributed by atoms with van der Waals surface area (Å²) in [5, 5.41) is 12.7. The minimum absolute atomic E-state index is 0.0564. The van der Waals surface area contributed by atoms with Crippen LogP contribution in [0.1, 0.15) is 36.0 Å². The zero-order valence-corrected chi connectivity index (χ0v) is 11.6. The molecule has 0 radical (unpaired) electrons. The Hall–Kier alpha value is -0.930. The van der Waals surface area contributed by atoms with Crippen molar-refractivity contribution in [3.05, 3.63) is 28.8 Å². The van der Waals surface area contributed by atoms with Gasteiger partial charge in [0.25, 0.3) is 5.91 Å². The summed E-state index contributed by atoms with van der Waals surface area (Å²) >= 11 is 11.3. The molecule has 100 valence electrons. The molecule has 0 aliphatic heterocycles. The standard InChI is InChI=1S/C13H17Cl2NO2/c14-7-3-1-2-4-8-16-13(18)11-9-10(15)5-6-12(11)17/h5-6,9,17H,1-4,7-8H2,(H,16,18). The van der Waals surface area contributed by atoms with Crippen molar-refractivity contribution in [1.29, 1.82) is 0 Å². The van der Waals surface area contributed by atoms with Crippen molar-refractivity contribution in [2.45, 2.75) is 25.7 Å². The maximum Gasteiger partial charge on any atom is 0.255 e. The van der Waals surface area contributed by atoms with E-state index in [0.717, 1.165) is 25.7 Å². The Bertz CT molecular complexity index is 397. The third kappa shape index (κ3) is 5.15. The summed E-state index contributed by atoms with van der Waals surface area (Å²) in [4.78, 5) is 11.8. The minimum atomic E-state index is -0.299. The van der Waals surface area contributed by atoms with E-state index in [1.165, 1.54) is 12.1 Å². The van der Waals surface area contributed by atoms with E-state index in [9.17, 15) is 9.90 Å². The summed E-state index contributed by atoms with van der Waals surface area (Å²) in [6.45, 7) is 0.590. The van der Waals surface area contributed by atoms with Gasteiger partial charge in [0, 0.05) is 17.4 Å². The molecule has 2 N–H and O–H groups in total. The molecule has 0 saturated heterocycles. The van der Waals surface area contributed by atoms with Crippen LogP contribution in [0, 0.1) is 0 Å². The summed E-state index contributed by atoms with van der Waals surface area (Å²) in [5.74, 6) is 0.328. The van der Waals surface area contributed by atoms with E-state index in [1.807, 2.05) is 0 Å². The molecule has 5 heteroatoms. The van der Waals surface area contributed by atoms with Gasteiger partial charge in [0.05, 0.1) is 5.56 Å². The minimum Gasteiger partial charge on any atom is -0.507 e. The second-order valence-corrected chi connectivity index (χ2v) is 4.83. The number of rotatable bonds is 7. The highest BCUT2D eigenvalue weighted by Crippen LogP contribution is 2.21. The lowest BCUT2D eigenvalue weighted by Gasteiger charge is -2.07. The molecule has 3 nitrogen and oxygen atoms in total. The number of nitrogens with one attached hydrogen (secondary N) is 1. The molecular formula is C13H17Cl2NO2. The van der Waals surface area contributed by atoms with Crippen molar-refractivity contribution in [3.8, 4) is 5.75 Å². The van der Waals surface area contributed by atoms with Crippen molar-refractivity contribution in [1.82, 2.24) is 5.32 Å². The monoisotopic (exact) mass is 289 g/mol. The smallest absolute Gasteiger partial charge is 0.255 e. The number of carbonyl (C=O) groups excluding carboxylic acids is 1. The van der Waals surface area contributed by atoms with Gasteiger partial charge in [-0.3, -0.25) is 4.79 Å². The quantitative estimate of drug-likeness (QED) is 0.595. The van der Waals surface area contributed by atoms with Crippen molar-refractivity contribution in [3.63, 3.8) is 0 Å². The maximum atomic E-state index is 11.8. The van der Waals surface area contributed by atoms with Crippen LogP contribution in [0.25, 0.3) is 0 Å². The number of halogens is 2. The highest BCUT2D eigenvalue weighted by Gasteiger charge is 2.10. The van der Waals surface area contributed by atoms with Gasteiger partial charge < -0.3 is 10.4 Å². The molecule has 1 amide bonds. The number of alkyl halides is 1. The average Bonchev–Trinajstić information content (AvgIpc) is 2.36. The molecule has 0 aliphatic rings. The molecule has 0 bridgehead atoms. The second-order valence-electron chi connectivity index (χ2n) is 4.02. The Balaban J connectivity index is 2.34. The predicted octanol–water partition coefficient (Wildman–Crippen LogP) is 3.57. The number of unbranched alkanes of at least 4 members (excludes halogenated alkanes) is 3. The van der Waals surface area contributed by atoms with Crippen LogP contribution in [0.2, 0.25) is 5.02 Å². The molecule has 0 unspecified atom stereocenters. The van der Waals surface area contributed by atoms with E-state index in [-0.39, 0.29) is 17.2 Å². The zero-order valence-electron chi connectivity index (χ0n) is 10.1. The van der Waals surface area contributed by atoms with Crippen LogP contribution < -0.4 is 5.32 Å². The lowest BCUT2D eigenvalue weighted by atomic mass is 10.1. The van der Waals surface area contributed by atoms with Crippen LogP contribution >= 0.6 is 23.2 Å². The van der Waals surface area contributed by atoms with Gasteiger partial charge in [-0.1, -0.05) is 24.4 Å². The Labute approximate surface area is 117 Å². The molecule has 0 aromatic heterocycles. The van der Waals surface area contributed by atoms with Gasteiger partial charge in [-0.05, 0) is 31.0 Å². The number of phenolic OH excluding ortho intramolecular Hbond substituents is 1. The van der Waals surface area contributed by atoms with Crippen molar-refractivity contribution >= 4 is 29.1 Å². The van der Waals surface area contributed by atoms with E-state index >= 15 is 0 Å². The van der Waals surface area contributed by atoms with E-state index < -0.39 is 0 Å². The number of hydrogen-bond acceptors (Lipinski definition) is 2.